The van der Waals surface area contributed by atoms with Crippen molar-refractivity contribution in [1.29, 1.82) is 0 Å². The zero-order chi connectivity index (χ0) is 18.0. The zero-order valence-corrected chi connectivity index (χ0v) is 14.0. The fourth-order valence-electron chi connectivity index (χ4n) is 2.27. The highest BCUT2D eigenvalue weighted by Crippen LogP contribution is 2.30. The van der Waals surface area contributed by atoms with Crippen molar-refractivity contribution in [2.75, 3.05) is 24.3 Å². The third-order valence-corrected chi connectivity index (χ3v) is 5.00. The minimum absolute atomic E-state index is 0.0411. The number of hydrogen-bond donors (Lipinski definition) is 3. The van der Waals surface area contributed by atoms with Gasteiger partial charge in [0.15, 0.2) is 6.61 Å². The van der Waals surface area contributed by atoms with Gasteiger partial charge in [0.2, 0.25) is 10.0 Å². The number of carbonyl (C=O) groups excluding carboxylic acids is 2. The van der Waals surface area contributed by atoms with E-state index in [0.29, 0.717) is 22.7 Å². The van der Waals surface area contributed by atoms with Gasteiger partial charge in [-0.3, -0.25) is 9.59 Å². The van der Waals surface area contributed by atoms with Gasteiger partial charge in [-0.15, -0.1) is 0 Å². The van der Waals surface area contributed by atoms with Crippen LogP contribution in [0.25, 0.3) is 0 Å². The average Bonchev–Trinajstić information content (AvgIpc) is 2.61. The first-order valence-electron chi connectivity index (χ1n) is 7.31. The van der Waals surface area contributed by atoms with Crippen LogP contribution in [0.4, 0.5) is 11.4 Å². The fourth-order valence-corrected chi connectivity index (χ4v) is 3.00. The van der Waals surface area contributed by atoms with Crippen LogP contribution in [0.15, 0.2) is 47.4 Å². The first-order valence-corrected chi connectivity index (χ1v) is 8.79. The Morgan fingerprint density at radius 2 is 1.88 bits per heavy atom. The number of carbonyl (C=O) groups is 2. The standard InChI is InChI=1S/C16H15N3O5S/c1-17-25(22,23)12-5-2-10(3-6-12)16(21)18-11-4-7-14-13(8-11)19-15(20)9-24-14/h2-8,17H,9H2,1H3,(H,18,21)(H,19,20). The number of rotatable bonds is 4. The van der Waals surface area contributed by atoms with Crippen molar-refractivity contribution in [3.05, 3.63) is 48.0 Å². The molecule has 1 aliphatic heterocycles. The van der Waals surface area contributed by atoms with Crippen molar-refractivity contribution >= 4 is 33.2 Å². The summed E-state index contributed by atoms with van der Waals surface area (Å²) in [7, 11) is -2.24. The van der Waals surface area contributed by atoms with E-state index in [0.717, 1.165) is 0 Å². The van der Waals surface area contributed by atoms with Crippen LogP contribution >= 0.6 is 0 Å². The molecule has 8 nitrogen and oxygen atoms in total. The Hall–Kier alpha value is -2.91. The molecule has 0 fully saturated rings. The molecule has 9 heteroatoms. The van der Waals surface area contributed by atoms with Gasteiger partial charge in [0.25, 0.3) is 11.8 Å². The van der Waals surface area contributed by atoms with Gasteiger partial charge in [-0.05, 0) is 49.5 Å². The van der Waals surface area contributed by atoms with Crippen molar-refractivity contribution < 1.29 is 22.7 Å². The van der Waals surface area contributed by atoms with Crippen molar-refractivity contribution in [3.8, 4) is 5.75 Å². The monoisotopic (exact) mass is 361 g/mol. The molecular formula is C16H15N3O5S. The van der Waals surface area contributed by atoms with Gasteiger partial charge >= 0.3 is 0 Å². The summed E-state index contributed by atoms with van der Waals surface area (Å²) in [6.07, 6.45) is 0. The topological polar surface area (TPSA) is 114 Å². The first kappa shape index (κ1) is 16.9. The lowest BCUT2D eigenvalue weighted by molar-refractivity contribution is -0.118. The van der Waals surface area contributed by atoms with Crippen LogP contribution in [-0.4, -0.2) is 33.9 Å². The lowest BCUT2D eigenvalue weighted by Gasteiger charge is -2.18. The first-order chi connectivity index (χ1) is 11.9. The quantitative estimate of drug-likeness (QED) is 0.757. The van der Waals surface area contributed by atoms with E-state index in [4.69, 9.17) is 4.74 Å². The number of anilines is 2. The van der Waals surface area contributed by atoms with Crippen LogP contribution in [0.5, 0.6) is 5.75 Å². The molecule has 2 aromatic rings. The molecule has 130 valence electrons. The van der Waals surface area contributed by atoms with Crippen LogP contribution in [0.2, 0.25) is 0 Å². The lowest BCUT2D eigenvalue weighted by Crippen LogP contribution is -2.25. The van der Waals surface area contributed by atoms with Gasteiger partial charge in [-0.2, -0.15) is 0 Å². The van der Waals surface area contributed by atoms with Gasteiger partial charge < -0.3 is 15.4 Å². The molecule has 0 aliphatic carbocycles. The average molecular weight is 361 g/mol. The molecule has 3 rings (SSSR count). The van der Waals surface area contributed by atoms with Crippen molar-refractivity contribution in [3.63, 3.8) is 0 Å². The van der Waals surface area contributed by atoms with Gasteiger partial charge in [-0.1, -0.05) is 0 Å². The maximum Gasteiger partial charge on any atom is 0.262 e. The molecule has 0 atom stereocenters. The molecule has 0 aromatic heterocycles. The third-order valence-electron chi connectivity index (χ3n) is 3.57. The maximum atomic E-state index is 12.3. The van der Waals surface area contributed by atoms with Gasteiger partial charge in [0, 0.05) is 11.3 Å². The van der Waals surface area contributed by atoms with Crippen LogP contribution in [-0.2, 0) is 14.8 Å². The van der Waals surface area contributed by atoms with E-state index in [-0.39, 0.29) is 17.4 Å². The number of amides is 2. The summed E-state index contributed by atoms with van der Waals surface area (Å²) in [5.41, 5.74) is 1.25. The third kappa shape index (κ3) is 3.62. The summed E-state index contributed by atoms with van der Waals surface area (Å²) in [5.74, 6) is -0.145. The Morgan fingerprint density at radius 1 is 1.16 bits per heavy atom. The summed E-state index contributed by atoms with van der Waals surface area (Å²) in [5, 5.41) is 5.34. The summed E-state index contributed by atoms with van der Waals surface area (Å²) >= 11 is 0. The van der Waals surface area contributed by atoms with E-state index in [9.17, 15) is 18.0 Å². The molecule has 0 saturated heterocycles. The normalized spacial score (nSPS) is 13.4. The van der Waals surface area contributed by atoms with E-state index in [2.05, 4.69) is 15.4 Å². The van der Waals surface area contributed by atoms with E-state index in [1.165, 1.54) is 31.3 Å². The Morgan fingerprint density at radius 3 is 2.56 bits per heavy atom. The van der Waals surface area contributed by atoms with E-state index < -0.39 is 15.9 Å². The number of nitrogens with one attached hydrogen (secondary N) is 3. The second-order valence-electron chi connectivity index (χ2n) is 5.23. The minimum Gasteiger partial charge on any atom is -0.482 e. The molecule has 0 bridgehead atoms. The molecule has 0 spiro atoms. The van der Waals surface area contributed by atoms with E-state index in [1.807, 2.05) is 0 Å². The summed E-state index contributed by atoms with van der Waals surface area (Å²) in [6, 6.07) is 10.4. The van der Waals surface area contributed by atoms with Crippen molar-refractivity contribution in [1.82, 2.24) is 4.72 Å². The molecular weight excluding hydrogens is 346 g/mol. The Labute approximate surface area is 144 Å². The number of hydrogen-bond acceptors (Lipinski definition) is 5. The predicted molar refractivity (Wildman–Crippen MR) is 91.2 cm³/mol. The highest BCUT2D eigenvalue weighted by Gasteiger charge is 2.17. The number of ether oxygens (including phenoxy) is 1. The minimum atomic E-state index is -3.55. The molecule has 2 aromatic carbocycles. The highest BCUT2D eigenvalue weighted by molar-refractivity contribution is 7.89. The van der Waals surface area contributed by atoms with Gasteiger partial charge in [-0.25, -0.2) is 13.1 Å². The molecule has 0 saturated carbocycles. The molecule has 25 heavy (non-hydrogen) atoms. The lowest BCUT2D eigenvalue weighted by atomic mass is 10.2. The SMILES string of the molecule is CNS(=O)(=O)c1ccc(C(=O)Nc2ccc3c(c2)NC(=O)CO3)cc1. The van der Waals surface area contributed by atoms with Crippen molar-refractivity contribution in [2.45, 2.75) is 4.90 Å². The van der Waals surface area contributed by atoms with Gasteiger partial charge in [0.05, 0.1) is 10.6 Å². The Bertz CT molecular complexity index is 939. The molecule has 3 N–H and O–H groups in total. The maximum absolute atomic E-state index is 12.3. The molecule has 1 heterocycles. The van der Waals surface area contributed by atoms with E-state index >= 15 is 0 Å². The second kappa shape index (κ2) is 6.54. The molecule has 2 amide bonds. The molecule has 0 unspecified atom stereocenters. The predicted octanol–water partition coefficient (Wildman–Crippen LogP) is 1.18. The Kier molecular flexibility index (Phi) is 4.43. The van der Waals surface area contributed by atoms with Crippen molar-refractivity contribution in [2.24, 2.45) is 0 Å². The number of sulfonamides is 1. The highest BCUT2D eigenvalue weighted by atomic mass is 32.2. The van der Waals surface area contributed by atoms with Crippen LogP contribution in [0.3, 0.4) is 0 Å². The van der Waals surface area contributed by atoms with Crippen LogP contribution in [0, 0.1) is 0 Å². The molecule has 1 aliphatic rings. The van der Waals surface area contributed by atoms with Gasteiger partial charge in [0.1, 0.15) is 5.75 Å². The number of fused-ring (bicyclic) bond motifs is 1. The Balaban J connectivity index is 1.76. The smallest absolute Gasteiger partial charge is 0.262 e. The zero-order valence-electron chi connectivity index (χ0n) is 13.2. The van der Waals surface area contributed by atoms with E-state index in [1.54, 1.807) is 18.2 Å². The number of benzene rings is 2. The largest absolute Gasteiger partial charge is 0.482 e. The summed E-state index contributed by atoms with van der Waals surface area (Å²) in [4.78, 5) is 23.7. The molecule has 0 radical (unpaired) electrons. The van der Waals surface area contributed by atoms with Crippen LogP contribution in [0.1, 0.15) is 10.4 Å². The summed E-state index contributed by atoms with van der Waals surface area (Å²) in [6.45, 7) is -0.0411. The van der Waals surface area contributed by atoms with Crippen LogP contribution < -0.4 is 20.1 Å². The summed E-state index contributed by atoms with van der Waals surface area (Å²) < 4.78 is 30.8. The second-order valence-corrected chi connectivity index (χ2v) is 7.12. The fraction of sp³-hybridized carbons (Fsp3) is 0.125.